The molecule has 0 aliphatic rings. The molecular formula is C32H23ClN2O5S. The van der Waals surface area contributed by atoms with E-state index in [2.05, 4.69) is 10.6 Å². The van der Waals surface area contributed by atoms with E-state index in [1.165, 1.54) is 30.0 Å². The summed E-state index contributed by atoms with van der Waals surface area (Å²) in [5.74, 6) is -0.616. The van der Waals surface area contributed by atoms with Gasteiger partial charge in [-0.25, -0.2) is 4.79 Å². The number of anilines is 1. The van der Waals surface area contributed by atoms with Crippen LogP contribution in [0, 0.1) is 0 Å². The molecule has 0 radical (unpaired) electrons. The Balaban J connectivity index is 1.34. The fraction of sp³-hybridized carbons (Fsp3) is 0.0312. The third-order valence-electron chi connectivity index (χ3n) is 6.01. The zero-order chi connectivity index (χ0) is 28.8. The molecule has 5 aromatic rings. The molecular weight excluding hydrogens is 560 g/mol. The summed E-state index contributed by atoms with van der Waals surface area (Å²) in [6.07, 6.45) is 1.52. The molecule has 0 unspecified atom stereocenters. The maximum absolute atomic E-state index is 13.4. The van der Waals surface area contributed by atoms with Crippen molar-refractivity contribution < 1.29 is 19.1 Å². The van der Waals surface area contributed by atoms with Crippen molar-refractivity contribution in [1.82, 2.24) is 5.32 Å². The van der Waals surface area contributed by atoms with E-state index < -0.39 is 17.4 Å². The monoisotopic (exact) mass is 582 g/mol. The standard InChI is InChI=1S/C32H23ClN2O5S/c33-27-12-5-4-9-21(27)16-28(35-30(37)20-7-2-1-3-8-20)31(38)34-24-10-6-11-26(17-24)41-19-23-15-22-13-14-25(36)18-29(22)40-32(23)39/h1-18,36H,19H2,(H,34,38)(H,35,37)/b28-16-. The number of phenolic OH excluding ortho intramolecular Hbond substituents is 1. The minimum atomic E-state index is -0.533. The van der Waals surface area contributed by atoms with Crippen LogP contribution in [0.5, 0.6) is 5.75 Å². The van der Waals surface area contributed by atoms with Gasteiger partial charge < -0.3 is 20.2 Å². The third kappa shape index (κ3) is 7.05. The summed E-state index contributed by atoms with van der Waals surface area (Å²) in [7, 11) is 0. The predicted molar refractivity (Wildman–Crippen MR) is 162 cm³/mol. The van der Waals surface area contributed by atoms with Gasteiger partial charge in [-0.2, -0.15) is 0 Å². The van der Waals surface area contributed by atoms with Crippen LogP contribution in [0.1, 0.15) is 21.5 Å². The second-order valence-corrected chi connectivity index (χ2v) is 10.4. The van der Waals surface area contributed by atoms with Crippen LogP contribution in [-0.2, 0) is 10.5 Å². The first kappa shape index (κ1) is 27.8. The van der Waals surface area contributed by atoms with Gasteiger partial charge in [0.25, 0.3) is 11.8 Å². The molecule has 0 saturated heterocycles. The first-order valence-corrected chi connectivity index (χ1v) is 13.8. The lowest BCUT2D eigenvalue weighted by molar-refractivity contribution is -0.113. The molecule has 0 saturated carbocycles. The molecule has 0 aliphatic heterocycles. The number of fused-ring (bicyclic) bond motifs is 1. The van der Waals surface area contributed by atoms with Crippen molar-refractivity contribution in [2.75, 3.05) is 5.32 Å². The minimum absolute atomic E-state index is 0.0183. The van der Waals surface area contributed by atoms with Crippen LogP contribution in [0.15, 0.2) is 123 Å². The third-order valence-corrected chi connectivity index (χ3v) is 7.40. The van der Waals surface area contributed by atoms with Crippen molar-refractivity contribution in [2.45, 2.75) is 10.6 Å². The highest BCUT2D eigenvalue weighted by atomic mass is 35.5. The Kier molecular flexibility index (Phi) is 8.53. The largest absolute Gasteiger partial charge is 0.508 e. The van der Waals surface area contributed by atoms with Gasteiger partial charge in [-0.05, 0) is 66.2 Å². The lowest BCUT2D eigenvalue weighted by atomic mass is 10.1. The molecule has 41 heavy (non-hydrogen) atoms. The zero-order valence-electron chi connectivity index (χ0n) is 21.5. The van der Waals surface area contributed by atoms with Gasteiger partial charge in [0.1, 0.15) is 17.0 Å². The van der Waals surface area contributed by atoms with E-state index in [0.717, 1.165) is 4.90 Å². The minimum Gasteiger partial charge on any atom is -0.508 e. The summed E-state index contributed by atoms with van der Waals surface area (Å²) in [5, 5.41) is 16.3. The molecule has 4 aromatic carbocycles. The average Bonchev–Trinajstić information content (AvgIpc) is 2.97. The van der Waals surface area contributed by atoms with Gasteiger partial charge in [0, 0.05) is 43.9 Å². The molecule has 1 aromatic heterocycles. The fourth-order valence-corrected chi connectivity index (χ4v) is 5.06. The van der Waals surface area contributed by atoms with E-state index in [9.17, 15) is 19.5 Å². The molecule has 3 N–H and O–H groups in total. The van der Waals surface area contributed by atoms with Crippen LogP contribution in [0.2, 0.25) is 5.02 Å². The van der Waals surface area contributed by atoms with Gasteiger partial charge in [0.15, 0.2) is 0 Å². The number of nitrogens with one attached hydrogen (secondary N) is 2. The number of phenols is 1. The molecule has 2 amide bonds. The van der Waals surface area contributed by atoms with Crippen molar-refractivity contribution in [3.05, 3.63) is 141 Å². The highest BCUT2D eigenvalue weighted by molar-refractivity contribution is 7.98. The Labute approximate surface area is 244 Å². The molecule has 9 heteroatoms. The number of hydrogen-bond acceptors (Lipinski definition) is 6. The lowest BCUT2D eigenvalue weighted by Crippen LogP contribution is -2.30. The normalized spacial score (nSPS) is 11.3. The van der Waals surface area contributed by atoms with Crippen LogP contribution in [0.3, 0.4) is 0 Å². The number of benzene rings is 4. The highest BCUT2D eigenvalue weighted by Crippen LogP contribution is 2.27. The Hall–Kier alpha value is -4.79. The molecule has 5 rings (SSSR count). The summed E-state index contributed by atoms with van der Waals surface area (Å²) in [4.78, 5) is 39.5. The molecule has 0 atom stereocenters. The van der Waals surface area contributed by atoms with Crippen LogP contribution in [0.4, 0.5) is 5.69 Å². The molecule has 204 valence electrons. The van der Waals surface area contributed by atoms with E-state index >= 15 is 0 Å². The van der Waals surface area contributed by atoms with Crippen molar-refractivity contribution in [1.29, 1.82) is 0 Å². The van der Waals surface area contributed by atoms with Crippen LogP contribution in [-0.4, -0.2) is 16.9 Å². The molecule has 7 nitrogen and oxygen atoms in total. The lowest BCUT2D eigenvalue weighted by Gasteiger charge is -2.12. The van der Waals surface area contributed by atoms with Gasteiger partial charge in [0.05, 0.1) is 0 Å². The SMILES string of the molecule is O=C(Nc1cccc(SCc2cc3ccc(O)cc3oc2=O)c1)/C(=C/c1ccccc1Cl)NC(=O)c1ccccc1. The first-order valence-electron chi connectivity index (χ1n) is 12.5. The van der Waals surface area contributed by atoms with Crippen LogP contribution in [0.25, 0.3) is 17.0 Å². The van der Waals surface area contributed by atoms with Crippen molar-refractivity contribution in [2.24, 2.45) is 0 Å². The highest BCUT2D eigenvalue weighted by Gasteiger charge is 2.16. The van der Waals surface area contributed by atoms with Gasteiger partial charge in [-0.1, -0.05) is 54.1 Å². The number of hydrogen-bond donors (Lipinski definition) is 3. The fourth-order valence-electron chi connectivity index (χ4n) is 3.96. The van der Waals surface area contributed by atoms with Crippen molar-refractivity contribution >= 4 is 57.9 Å². The van der Waals surface area contributed by atoms with E-state index in [1.807, 2.05) is 6.07 Å². The number of carbonyl (C=O) groups is 2. The molecule has 0 bridgehead atoms. The maximum atomic E-state index is 13.4. The Morgan fingerprint density at radius 1 is 0.902 bits per heavy atom. The summed E-state index contributed by atoms with van der Waals surface area (Å²) in [6, 6.07) is 29.1. The number of halogens is 1. The summed E-state index contributed by atoms with van der Waals surface area (Å²) < 4.78 is 5.35. The van der Waals surface area contributed by atoms with Crippen LogP contribution < -0.4 is 16.3 Å². The summed E-state index contributed by atoms with van der Waals surface area (Å²) in [5.41, 5.74) is 1.79. The van der Waals surface area contributed by atoms with E-state index in [-0.39, 0.29) is 11.4 Å². The first-order chi connectivity index (χ1) is 19.9. The Morgan fingerprint density at radius 2 is 1.68 bits per heavy atom. The van der Waals surface area contributed by atoms with Gasteiger partial charge in [-0.3, -0.25) is 9.59 Å². The van der Waals surface area contributed by atoms with E-state index in [4.69, 9.17) is 16.0 Å². The maximum Gasteiger partial charge on any atom is 0.340 e. The molecule has 0 fully saturated rings. The average molecular weight is 583 g/mol. The van der Waals surface area contributed by atoms with Gasteiger partial charge in [0.2, 0.25) is 0 Å². The van der Waals surface area contributed by atoms with E-state index in [1.54, 1.807) is 84.9 Å². The second kappa shape index (κ2) is 12.6. The molecule has 0 aliphatic carbocycles. The number of rotatable bonds is 8. The number of aromatic hydroxyl groups is 1. The zero-order valence-corrected chi connectivity index (χ0v) is 23.0. The summed E-state index contributed by atoms with van der Waals surface area (Å²) in [6.45, 7) is 0. The Morgan fingerprint density at radius 3 is 2.49 bits per heavy atom. The van der Waals surface area contributed by atoms with Crippen molar-refractivity contribution in [3.63, 3.8) is 0 Å². The van der Waals surface area contributed by atoms with Crippen LogP contribution >= 0.6 is 23.4 Å². The number of thioether (sulfide) groups is 1. The predicted octanol–water partition coefficient (Wildman–Crippen LogP) is 6.85. The summed E-state index contributed by atoms with van der Waals surface area (Å²) >= 11 is 7.71. The van der Waals surface area contributed by atoms with Gasteiger partial charge in [-0.15, -0.1) is 11.8 Å². The van der Waals surface area contributed by atoms with Crippen molar-refractivity contribution in [3.8, 4) is 5.75 Å². The molecule has 1 heterocycles. The second-order valence-electron chi connectivity index (χ2n) is 8.95. The topological polar surface area (TPSA) is 109 Å². The quantitative estimate of drug-likeness (QED) is 0.105. The van der Waals surface area contributed by atoms with Gasteiger partial charge >= 0.3 is 5.63 Å². The number of amides is 2. The van der Waals surface area contributed by atoms with E-state index in [0.29, 0.717) is 44.1 Å². The molecule has 0 spiro atoms. The smallest absolute Gasteiger partial charge is 0.340 e. The number of carbonyl (C=O) groups excluding carboxylic acids is 2. The Bertz CT molecular complexity index is 1840.